The Bertz CT molecular complexity index is 536. The first-order valence-electron chi connectivity index (χ1n) is 7.56. The van der Waals surface area contributed by atoms with Crippen LogP contribution in [0.3, 0.4) is 0 Å². The molecule has 1 atom stereocenters. The van der Waals surface area contributed by atoms with Gasteiger partial charge in [-0.3, -0.25) is 9.59 Å². The van der Waals surface area contributed by atoms with Crippen molar-refractivity contribution in [3.8, 4) is 0 Å². The van der Waals surface area contributed by atoms with Gasteiger partial charge in [0.15, 0.2) is 5.78 Å². The number of halogens is 3. The minimum atomic E-state index is -5.20. The Morgan fingerprint density at radius 3 is 1.92 bits per heavy atom. The van der Waals surface area contributed by atoms with E-state index in [0.29, 0.717) is 0 Å². The smallest absolute Gasteiger partial charge is 0.471 e. The first-order valence-corrected chi connectivity index (χ1v) is 7.56. The number of hydrogen-bond acceptors (Lipinski definition) is 3. The van der Waals surface area contributed by atoms with Gasteiger partial charge in [-0.15, -0.1) is 0 Å². The van der Waals surface area contributed by atoms with Crippen molar-refractivity contribution in [3.05, 3.63) is 35.9 Å². The van der Waals surface area contributed by atoms with Crippen molar-refractivity contribution in [3.63, 3.8) is 0 Å². The maximum Gasteiger partial charge on any atom is 0.471 e. The van der Waals surface area contributed by atoms with Gasteiger partial charge < -0.3 is 10.4 Å². The molecule has 5 nitrogen and oxygen atoms in total. The number of rotatable bonds is 5. The van der Waals surface area contributed by atoms with Crippen LogP contribution in [0.1, 0.15) is 30.6 Å². The molecule has 0 fully saturated rings. The minimum Gasteiger partial charge on any atom is -0.480 e. The lowest BCUT2D eigenvalue weighted by Gasteiger charge is -2.15. The van der Waals surface area contributed by atoms with Gasteiger partial charge in [-0.25, -0.2) is 4.79 Å². The summed E-state index contributed by atoms with van der Waals surface area (Å²) in [4.78, 5) is 33.2. The number of hydrogen-bond donors (Lipinski definition) is 2. The van der Waals surface area contributed by atoms with Gasteiger partial charge in [-0.05, 0) is 0 Å². The Labute approximate surface area is 145 Å². The topological polar surface area (TPSA) is 83.5 Å². The molecule has 25 heavy (non-hydrogen) atoms. The van der Waals surface area contributed by atoms with E-state index < -0.39 is 36.3 Å². The maximum absolute atomic E-state index is 12.0. The van der Waals surface area contributed by atoms with E-state index in [1.54, 1.807) is 6.07 Å². The van der Waals surface area contributed by atoms with Crippen molar-refractivity contribution in [1.29, 1.82) is 0 Å². The quantitative estimate of drug-likeness (QED) is 0.624. The van der Waals surface area contributed by atoms with Crippen LogP contribution < -0.4 is 5.32 Å². The summed E-state index contributed by atoms with van der Waals surface area (Å²) in [7, 11) is 2.00. The second kappa shape index (κ2) is 13.0. The largest absolute Gasteiger partial charge is 0.480 e. The number of carbonyl (C=O) groups excluding carboxylic acids is 2. The molecule has 0 saturated carbocycles. The molecular formula is C16H22BF3NO4. The van der Waals surface area contributed by atoms with E-state index in [4.69, 9.17) is 5.11 Å². The lowest BCUT2D eigenvalue weighted by atomic mass is 9.88. The summed E-state index contributed by atoms with van der Waals surface area (Å²) >= 11 is 0. The Hall–Kier alpha value is -2.32. The van der Waals surface area contributed by atoms with Crippen molar-refractivity contribution in [2.24, 2.45) is 0 Å². The normalized spacial score (nSPS) is 10.8. The fourth-order valence-corrected chi connectivity index (χ4v) is 1.37. The van der Waals surface area contributed by atoms with Gasteiger partial charge in [0.25, 0.3) is 0 Å². The van der Waals surface area contributed by atoms with E-state index in [1.165, 1.54) is 29.6 Å². The summed E-state index contributed by atoms with van der Waals surface area (Å²) in [5.41, 5.74) is 0.153. The molecule has 139 valence electrons. The second-order valence-electron chi connectivity index (χ2n) is 4.43. The van der Waals surface area contributed by atoms with Gasteiger partial charge in [0.2, 0.25) is 0 Å². The summed E-state index contributed by atoms with van der Waals surface area (Å²) in [6.07, 6.45) is -5.97. The van der Waals surface area contributed by atoms with Gasteiger partial charge in [0.05, 0.1) is 0 Å². The van der Waals surface area contributed by atoms with Gasteiger partial charge in [-0.2, -0.15) is 13.2 Å². The number of aliphatic carboxylic acids is 1. The number of nitrogens with one attached hydrogen (secondary N) is 1. The SMILES string of the molecule is CC.C[B]C.O=C(C[C@@H](NC(=O)C(F)(F)F)C(=O)O)c1ccccc1. The monoisotopic (exact) mass is 360 g/mol. The molecule has 0 unspecified atom stereocenters. The molecule has 0 aliphatic rings. The van der Waals surface area contributed by atoms with Crippen molar-refractivity contribution in [1.82, 2.24) is 5.32 Å². The van der Waals surface area contributed by atoms with Gasteiger partial charge >= 0.3 is 18.1 Å². The zero-order valence-corrected chi connectivity index (χ0v) is 14.6. The number of carbonyl (C=O) groups is 3. The third-order valence-corrected chi connectivity index (χ3v) is 2.35. The van der Waals surface area contributed by atoms with Crippen molar-refractivity contribution in [2.45, 2.75) is 46.1 Å². The second-order valence-corrected chi connectivity index (χ2v) is 4.43. The van der Waals surface area contributed by atoms with Crippen LogP contribution in [0.5, 0.6) is 0 Å². The number of ketones is 1. The number of carboxylic acids is 1. The summed E-state index contributed by atoms with van der Waals surface area (Å²) in [5, 5.41) is 10.0. The van der Waals surface area contributed by atoms with Crippen LogP contribution in [0.25, 0.3) is 0 Å². The molecule has 0 aliphatic carbocycles. The molecule has 0 saturated heterocycles. The molecule has 0 aromatic heterocycles. The summed E-state index contributed by atoms with van der Waals surface area (Å²) < 4.78 is 36.1. The van der Waals surface area contributed by atoms with Crippen molar-refractivity contribution >= 4 is 24.9 Å². The third kappa shape index (κ3) is 11.0. The summed E-state index contributed by atoms with van der Waals surface area (Å²) in [6.45, 7) is 8.00. The highest BCUT2D eigenvalue weighted by Gasteiger charge is 2.41. The Morgan fingerprint density at radius 2 is 1.56 bits per heavy atom. The molecule has 9 heteroatoms. The molecule has 0 heterocycles. The third-order valence-electron chi connectivity index (χ3n) is 2.35. The van der Waals surface area contributed by atoms with Crippen LogP contribution in [0.2, 0.25) is 13.6 Å². The summed E-state index contributed by atoms with van der Waals surface area (Å²) in [6, 6.07) is 5.53. The van der Waals surface area contributed by atoms with E-state index in [9.17, 15) is 27.6 Å². The molecule has 0 spiro atoms. The molecule has 1 rings (SSSR count). The van der Waals surface area contributed by atoms with E-state index >= 15 is 0 Å². The molecule has 2 N–H and O–H groups in total. The van der Waals surface area contributed by atoms with E-state index in [2.05, 4.69) is 0 Å². The fourth-order valence-electron chi connectivity index (χ4n) is 1.37. The van der Waals surface area contributed by atoms with Crippen LogP contribution in [0.15, 0.2) is 30.3 Å². The first-order chi connectivity index (χ1) is 11.6. The number of amides is 1. The molecule has 1 aromatic carbocycles. The zero-order chi connectivity index (χ0) is 20.0. The Kier molecular flexibility index (Phi) is 13.0. The molecular weight excluding hydrogens is 338 g/mol. The Morgan fingerprint density at radius 1 is 1.12 bits per heavy atom. The zero-order valence-electron chi connectivity index (χ0n) is 14.6. The highest BCUT2D eigenvalue weighted by atomic mass is 19.4. The Balaban J connectivity index is 0. The molecule has 0 bridgehead atoms. The first kappa shape index (κ1) is 24.9. The number of benzene rings is 1. The molecule has 1 amide bonds. The van der Waals surface area contributed by atoms with Crippen LogP contribution in [-0.2, 0) is 9.59 Å². The molecule has 1 aromatic rings. The highest BCUT2D eigenvalue weighted by molar-refractivity contribution is 6.31. The maximum atomic E-state index is 12.0. The predicted molar refractivity (Wildman–Crippen MR) is 89.8 cm³/mol. The van der Waals surface area contributed by atoms with Gasteiger partial charge in [0, 0.05) is 12.0 Å². The number of Topliss-reactive ketones (excluding diaryl/α,β-unsaturated/α-hetero) is 1. The fraction of sp³-hybridized carbons (Fsp3) is 0.438. The van der Waals surface area contributed by atoms with Crippen LogP contribution in [0, 0.1) is 0 Å². The lowest BCUT2D eigenvalue weighted by Crippen LogP contribution is -2.47. The van der Waals surface area contributed by atoms with E-state index in [0.717, 1.165) is 0 Å². The average molecular weight is 360 g/mol. The number of carboxylic acid groups (broad SMARTS) is 1. The molecule has 0 aliphatic heterocycles. The van der Waals surface area contributed by atoms with Gasteiger partial charge in [0.1, 0.15) is 13.3 Å². The van der Waals surface area contributed by atoms with Crippen molar-refractivity contribution in [2.75, 3.05) is 0 Å². The number of alkyl halides is 3. The average Bonchev–Trinajstić information content (AvgIpc) is 2.56. The van der Waals surface area contributed by atoms with Crippen LogP contribution >= 0.6 is 0 Å². The summed E-state index contributed by atoms with van der Waals surface area (Å²) in [5.74, 6) is -4.79. The van der Waals surface area contributed by atoms with Crippen LogP contribution in [0.4, 0.5) is 13.2 Å². The van der Waals surface area contributed by atoms with Crippen LogP contribution in [-0.4, -0.2) is 42.3 Å². The standard InChI is InChI=1S/C12H10F3NO4.C2H6B.C2H6/c13-12(14,15)11(20)16-8(10(18)19)6-9(17)7-4-2-1-3-5-7;1-3-2;1-2/h1-5,8H,6H2,(H,16,20)(H,18,19);1-2H3;1-2H3/t8-;;/m1../s1. The lowest BCUT2D eigenvalue weighted by molar-refractivity contribution is -0.175. The van der Waals surface area contributed by atoms with Gasteiger partial charge in [-0.1, -0.05) is 57.8 Å². The predicted octanol–water partition coefficient (Wildman–Crippen LogP) is 3.20. The van der Waals surface area contributed by atoms with E-state index in [1.807, 2.05) is 34.8 Å². The van der Waals surface area contributed by atoms with E-state index in [-0.39, 0.29) is 5.56 Å². The highest BCUT2D eigenvalue weighted by Crippen LogP contribution is 2.15. The minimum absolute atomic E-state index is 0.153. The molecule has 1 radical (unpaired) electrons. The van der Waals surface area contributed by atoms with Crippen molar-refractivity contribution < 1.29 is 32.7 Å².